The van der Waals surface area contributed by atoms with E-state index in [4.69, 9.17) is 9.72 Å². The second kappa shape index (κ2) is 10.7. The number of ether oxygens (including phenoxy) is 1. The Kier molecular flexibility index (Phi) is 8.07. The van der Waals surface area contributed by atoms with Gasteiger partial charge in [0.25, 0.3) is 0 Å². The highest BCUT2D eigenvalue weighted by Crippen LogP contribution is 2.68. The molecule has 4 aliphatic rings. The van der Waals surface area contributed by atoms with Gasteiger partial charge in [0.15, 0.2) is 0 Å². The number of hydrogen-bond acceptors (Lipinski definition) is 2. The van der Waals surface area contributed by atoms with Crippen molar-refractivity contribution in [2.45, 2.75) is 129 Å². The Morgan fingerprint density at radius 3 is 2.46 bits per heavy atom. The predicted molar refractivity (Wildman–Crippen MR) is 158 cm³/mol. The van der Waals surface area contributed by atoms with Gasteiger partial charge >= 0.3 is 0 Å². The lowest BCUT2D eigenvalue weighted by Crippen LogP contribution is -2.54. The molecule has 0 bridgehead atoms. The molecule has 0 amide bonds. The van der Waals surface area contributed by atoms with E-state index in [0.29, 0.717) is 22.0 Å². The summed E-state index contributed by atoms with van der Waals surface area (Å²) in [6.45, 7) is 15.6. The molecule has 0 saturated heterocycles. The fraction of sp³-hybridized carbons (Fsp3) is 0.853. The van der Waals surface area contributed by atoms with E-state index in [1.807, 2.05) is 13.3 Å². The molecule has 3 heteroatoms. The molecule has 207 valence electrons. The molecule has 9 atom stereocenters. The second-order valence-electron chi connectivity index (χ2n) is 15.4. The van der Waals surface area contributed by atoms with Crippen LogP contribution in [0.15, 0.2) is 24.4 Å². The van der Waals surface area contributed by atoms with Crippen molar-refractivity contribution >= 4 is 8.80 Å². The Morgan fingerprint density at radius 1 is 1.00 bits per heavy atom. The van der Waals surface area contributed by atoms with Crippen LogP contribution in [0.2, 0.25) is 11.1 Å². The maximum Gasteiger partial charge on any atom is 0.0602 e. The van der Waals surface area contributed by atoms with Gasteiger partial charge in [0, 0.05) is 19.0 Å². The van der Waals surface area contributed by atoms with Gasteiger partial charge in [0.05, 0.1) is 14.9 Å². The summed E-state index contributed by atoms with van der Waals surface area (Å²) in [5.41, 5.74) is 2.48. The normalized spacial score (nSPS) is 40.6. The minimum atomic E-state index is -0.504. The lowest BCUT2D eigenvalue weighted by molar-refractivity contribution is -0.132. The molecule has 0 N–H and O–H groups in total. The molecule has 0 aromatic carbocycles. The molecular weight excluding hydrogens is 466 g/mol. The summed E-state index contributed by atoms with van der Waals surface area (Å²) in [6, 6.07) is 9.13. The standard InChI is InChI=1S/C34H56NOSi/c1-24(17-21-37(32(2,3)4)23-26-10-8-9-20-35-26)29-13-14-30-28-12-11-25-22-27(36-7)15-18-33(25,5)31(28)16-19-34(29,30)6/h8-10,20,24-25,27-31H,11-19,21-23H2,1-7H3/t24-,25-,27-,28+,29-,30+,31+,33+,34-/m1/s1. The molecular formula is C34H56NOSi. The van der Waals surface area contributed by atoms with E-state index in [1.54, 1.807) is 0 Å². The summed E-state index contributed by atoms with van der Waals surface area (Å²) >= 11 is 0. The van der Waals surface area contributed by atoms with E-state index in [0.717, 1.165) is 35.5 Å². The first-order valence-corrected chi connectivity index (χ1v) is 17.8. The van der Waals surface area contributed by atoms with Crippen LogP contribution >= 0.6 is 0 Å². The van der Waals surface area contributed by atoms with Gasteiger partial charge in [-0.3, -0.25) is 4.98 Å². The van der Waals surface area contributed by atoms with E-state index in [9.17, 15) is 0 Å². The van der Waals surface area contributed by atoms with E-state index < -0.39 is 8.80 Å². The summed E-state index contributed by atoms with van der Waals surface area (Å²) in [5, 5.41) is 0.429. The van der Waals surface area contributed by atoms with Crippen molar-refractivity contribution in [1.29, 1.82) is 0 Å². The number of methoxy groups -OCH3 is 1. The monoisotopic (exact) mass is 522 g/mol. The van der Waals surface area contributed by atoms with Crippen molar-refractivity contribution in [2.24, 2.45) is 46.3 Å². The summed E-state index contributed by atoms with van der Waals surface area (Å²) in [7, 11) is 1.44. The lowest BCUT2D eigenvalue weighted by Gasteiger charge is -2.61. The molecule has 0 aliphatic heterocycles. The lowest BCUT2D eigenvalue weighted by atomic mass is 9.44. The Morgan fingerprint density at radius 2 is 1.76 bits per heavy atom. The summed E-state index contributed by atoms with van der Waals surface area (Å²) in [5.74, 6) is 5.66. The number of aromatic nitrogens is 1. The smallest absolute Gasteiger partial charge is 0.0602 e. The zero-order valence-electron chi connectivity index (χ0n) is 25.2. The molecule has 0 unspecified atom stereocenters. The van der Waals surface area contributed by atoms with Crippen LogP contribution in [-0.4, -0.2) is 27.0 Å². The molecule has 1 radical (unpaired) electrons. The van der Waals surface area contributed by atoms with E-state index in [2.05, 4.69) is 59.7 Å². The number of hydrogen-bond donors (Lipinski definition) is 0. The molecule has 37 heavy (non-hydrogen) atoms. The van der Waals surface area contributed by atoms with Gasteiger partial charge < -0.3 is 4.74 Å². The number of nitrogens with zero attached hydrogens (tertiary/aromatic N) is 1. The van der Waals surface area contributed by atoms with Gasteiger partial charge in [-0.15, -0.1) is 0 Å². The first kappa shape index (κ1) is 27.9. The highest BCUT2D eigenvalue weighted by atomic mass is 28.3. The molecule has 4 saturated carbocycles. The Balaban J connectivity index is 1.24. The molecule has 2 nitrogen and oxygen atoms in total. The average Bonchev–Trinajstić information content (AvgIpc) is 3.23. The SMILES string of the molecule is CO[C@@H]1CC[C@@]2(C)[C@H](CC[C@@H]3[C@@H]2CC[C@]2(C)[C@@H]([C@H](C)CC[Si](Cc4ccccn4)C(C)(C)C)CC[C@@H]32)C1. The molecule has 4 fully saturated rings. The second-order valence-corrected chi connectivity index (χ2v) is 18.9. The van der Waals surface area contributed by atoms with Crippen LogP contribution in [0.5, 0.6) is 0 Å². The van der Waals surface area contributed by atoms with Crippen molar-refractivity contribution in [3.8, 4) is 0 Å². The fourth-order valence-electron chi connectivity index (χ4n) is 10.5. The fourth-order valence-corrected chi connectivity index (χ4v) is 13.4. The van der Waals surface area contributed by atoms with Gasteiger partial charge in [-0.05, 0) is 127 Å². The van der Waals surface area contributed by atoms with Crippen molar-refractivity contribution in [3.63, 3.8) is 0 Å². The first-order valence-electron chi connectivity index (χ1n) is 15.8. The van der Waals surface area contributed by atoms with Gasteiger partial charge in [0.1, 0.15) is 0 Å². The van der Waals surface area contributed by atoms with E-state index >= 15 is 0 Å². The maximum atomic E-state index is 5.84. The third kappa shape index (κ3) is 5.27. The van der Waals surface area contributed by atoms with Gasteiger partial charge in [-0.2, -0.15) is 0 Å². The summed E-state index contributed by atoms with van der Waals surface area (Å²) < 4.78 is 5.84. The van der Waals surface area contributed by atoms with Gasteiger partial charge in [-0.25, -0.2) is 0 Å². The van der Waals surface area contributed by atoms with Crippen LogP contribution in [-0.2, 0) is 10.8 Å². The van der Waals surface area contributed by atoms with Crippen LogP contribution in [0.25, 0.3) is 0 Å². The van der Waals surface area contributed by atoms with Gasteiger partial charge in [-0.1, -0.05) is 60.1 Å². The molecule has 1 aromatic rings. The van der Waals surface area contributed by atoms with E-state index in [-0.39, 0.29) is 0 Å². The van der Waals surface area contributed by atoms with Crippen LogP contribution in [0.4, 0.5) is 0 Å². The largest absolute Gasteiger partial charge is 0.381 e. The molecule has 4 aliphatic carbocycles. The number of rotatable bonds is 7. The zero-order chi connectivity index (χ0) is 26.4. The Labute approximate surface area is 230 Å². The quantitative estimate of drug-likeness (QED) is 0.333. The third-order valence-corrected chi connectivity index (χ3v) is 16.6. The predicted octanol–water partition coefficient (Wildman–Crippen LogP) is 9.16. The molecule has 0 spiro atoms. The highest BCUT2D eigenvalue weighted by Gasteiger charge is 2.60. The van der Waals surface area contributed by atoms with Crippen molar-refractivity contribution in [3.05, 3.63) is 30.1 Å². The van der Waals surface area contributed by atoms with Crippen LogP contribution in [0, 0.1) is 46.3 Å². The minimum Gasteiger partial charge on any atom is -0.381 e. The zero-order valence-corrected chi connectivity index (χ0v) is 26.2. The average molecular weight is 523 g/mol. The minimum absolute atomic E-state index is 0.429. The first-order chi connectivity index (χ1) is 17.6. The van der Waals surface area contributed by atoms with Crippen LogP contribution in [0.3, 0.4) is 0 Å². The van der Waals surface area contributed by atoms with Crippen LogP contribution < -0.4 is 0 Å². The van der Waals surface area contributed by atoms with Crippen LogP contribution in [0.1, 0.15) is 111 Å². The summed E-state index contributed by atoms with van der Waals surface area (Å²) in [6.07, 6.45) is 16.9. The van der Waals surface area contributed by atoms with E-state index in [1.165, 1.54) is 82.0 Å². The third-order valence-electron chi connectivity index (χ3n) is 12.8. The van der Waals surface area contributed by atoms with Gasteiger partial charge in [0.2, 0.25) is 0 Å². The van der Waals surface area contributed by atoms with Crippen molar-refractivity contribution in [1.82, 2.24) is 4.98 Å². The molecule has 5 rings (SSSR count). The van der Waals surface area contributed by atoms with Crippen molar-refractivity contribution in [2.75, 3.05) is 7.11 Å². The highest BCUT2D eigenvalue weighted by molar-refractivity contribution is 6.61. The number of pyridine rings is 1. The summed E-state index contributed by atoms with van der Waals surface area (Å²) in [4.78, 5) is 4.70. The van der Waals surface area contributed by atoms with Crippen molar-refractivity contribution < 1.29 is 4.74 Å². The Bertz CT molecular complexity index is 897. The molecule has 1 aromatic heterocycles. The molecule has 1 heterocycles. The maximum absolute atomic E-state index is 5.84. The topological polar surface area (TPSA) is 22.1 Å². The number of fused-ring (bicyclic) bond motifs is 5. The Hall–Kier alpha value is -0.673.